The highest BCUT2D eigenvalue weighted by Gasteiger charge is 2.13. The van der Waals surface area contributed by atoms with Gasteiger partial charge in [0, 0.05) is 6.42 Å². The molecule has 0 bridgehead atoms. The lowest BCUT2D eigenvalue weighted by molar-refractivity contribution is 0.193. The van der Waals surface area contributed by atoms with Gasteiger partial charge < -0.3 is 5.11 Å². The van der Waals surface area contributed by atoms with Gasteiger partial charge >= 0.3 is 0 Å². The monoisotopic (exact) mass is 190 g/mol. The van der Waals surface area contributed by atoms with Gasteiger partial charge in [-0.2, -0.15) is 0 Å². The number of aliphatic hydroxyl groups is 1. The zero-order valence-corrected chi connectivity index (χ0v) is 7.02. The first-order valence-corrected chi connectivity index (χ1v) is 3.82. The summed E-state index contributed by atoms with van der Waals surface area (Å²) in [5.41, 5.74) is -0.0195. The Morgan fingerprint density at radius 1 is 1.23 bits per heavy atom. The molecule has 0 aliphatic heterocycles. The number of benzene rings is 1. The zero-order valence-electron chi connectivity index (χ0n) is 7.02. The van der Waals surface area contributed by atoms with E-state index in [4.69, 9.17) is 5.11 Å². The van der Waals surface area contributed by atoms with Crippen LogP contribution >= 0.6 is 0 Å². The minimum absolute atomic E-state index is 0.0195. The van der Waals surface area contributed by atoms with Gasteiger partial charge in [0.25, 0.3) is 0 Å². The number of aliphatic hydroxyl groups excluding tert-OH is 1. The second kappa shape index (κ2) is 3.79. The highest BCUT2D eigenvalue weighted by molar-refractivity contribution is 5.20. The minimum Gasteiger partial charge on any atom is -0.393 e. The summed E-state index contributed by atoms with van der Waals surface area (Å²) < 4.78 is 37.9. The molecule has 1 atom stereocenters. The van der Waals surface area contributed by atoms with Gasteiger partial charge in [-0.1, -0.05) is 6.07 Å². The summed E-state index contributed by atoms with van der Waals surface area (Å²) >= 11 is 0. The smallest absolute Gasteiger partial charge is 0.194 e. The van der Waals surface area contributed by atoms with Gasteiger partial charge in [0.1, 0.15) is 0 Å². The van der Waals surface area contributed by atoms with Crippen molar-refractivity contribution in [2.75, 3.05) is 0 Å². The summed E-state index contributed by atoms with van der Waals surface area (Å²) in [6, 6.07) is 1.97. The molecule has 0 aliphatic rings. The highest BCUT2D eigenvalue weighted by atomic mass is 19.2. The van der Waals surface area contributed by atoms with Crippen molar-refractivity contribution in [1.82, 2.24) is 0 Å². The van der Waals surface area contributed by atoms with Crippen LogP contribution in [0.3, 0.4) is 0 Å². The Kier molecular flexibility index (Phi) is 2.93. The van der Waals surface area contributed by atoms with Gasteiger partial charge in [0.05, 0.1) is 6.10 Å². The molecule has 0 aromatic heterocycles. The van der Waals surface area contributed by atoms with Crippen molar-refractivity contribution in [2.24, 2.45) is 0 Å². The second-order valence-corrected chi connectivity index (χ2v) is 2.89. The normalized spacial score (nSPS) is 13.0. The van der Waals surface area contributed by atoms with Crippen molar-refractivity contribution in [1.29, 1.82) is 0 Å². The first-order valence-electron chi connectivity index (χ1n) is 3.82. The molecule has 0 amide bonds. The molecule has 1 aromatic carbocycles. The van der Waals surface area contributed by atoms with Gasteiger partial charge in [-0.3, -0.25) is 0 Å². The fourth-order valence-corrected chi connectivity index (χ4v) is 1.04. The van der Waals surface area contributed by atoms with Gasteiger partial charge in [0.2, 0.25) is 0 Å². The second-order valence-electron chi connectivity index (χ2n) is 2.89. The van der Waals surface area contributed by atoms with E-state index in [1.165, 1.54) is 6.92 Å². The van der Waals surface area contributed by atoms with E-state index in [0.29, 0.717) is 0 Å². The van der Waals surface area contributed by atoms with Gasteiger partial charge in [-0.25, -0.2) is 13.2 Å². The Morgan fingerprint density at radius 3 is 2.38 bits per heavy atom. The predicted molar refractivity (Wildman–Crippen MR) is 41.7 cm³/mol. The SMILES string of the molecule is CC(O)Cc1ccc(F)c(F)c1F. The Morgan fingerprint density at radius 2 is 1.85 bits per heavy atom. The molecule has 1 aromatic rings. The topological polar surface area (TPSA) is 20.2 Å². The molecule has 1 rings (SSSR count). The van der Waals surface area contributed by atoms with Crippen LogP contribution in [0.1, 0.15) is 12.5 Å². The van der Waals surface area contributed by atoms with Crippen LogP contribution in [0.2, 0.25) is 0 Å². The van der Waals surface area contributed by atoms with Crippen molar-refractivity contribution in [2.45, 2.75) is 19.4 Å². The van der Waals surface area contributed by atoms with Crippen LogP contribution in [-0.4, -0.2) is 11.2 Å². The first-order chi connectivity index (χ1) is 6.02. The van der Waals surface area contributed by atoms with Gasteiger partial charge in [0.15, 0.2) is 17.5 Å². The molecule has 1 nitrogen and oxygen atoms in total. The maximum atomic E-state index is 12.9. The molecule has 1 N–H and O–H groups in total. The third-order valence-corrected chi connectivity index (χ3v) is 1.63. The molecule has 0 heterocycles. The van der Waals surface area contributed by atoms with E-state index < -0.39 is 23.6 Å². The minimum atomic E-state index is -1.49. The van der Waals surface area contributed by atoms with Crippen LogP contribution in [0.5, 0.6) is 0 Å². The van der Waals surface area contributed by atoms with Crippen molar-refractivity contribution in [3.63, 3.8) is 0 Å². The number of hydrogen-bond acceptors (Lipinski definition) is 1. The molecule has 0 aliphatic carbocycles. The van der Waals surface area contributed by atoms with E-state index in [1.54, 1.807) is 0 Å². The summed E-state index contributed by atoms with van der Waals surface area (Å²) in [7, 11) is 0. The summed E-state index contributed by atoms with van der Waals surface area (Å²) in [6.07, 6.45) is -0.803. The fraction of sp³-hybridized carbons (Fsp3) is 0.333. The fourth-order valence-electron chi connectivity index (χ4n) is 1.04. The predicted octanol–water partition coefficient (Wildman–Crippen LogP) is 2.03. The molecule has 0 radical (unpaired) electrons. The van der Waals surface area contributed by atoms with Gasteiger partial charge in [-0.15, -0.1) is 0 Å². The quantitative estimate of drug-likeness (QED) is 0.707. The molecular formula is C9H9F3O. The van der Waals surface area contributed by atoms with Crippen LogP contribution < -0.4 is 0 Å². The van der Waals surface area contributed by atoms with E-state index in [9.17, 15) is 13.2 Å². The van der Waals surface area contributed by atoms with Crippen molar-refractivity contribution < 1.29 is 18.3 Å². The lowest BCUT2D eigenvalue weighted by Crippen LogP contribution is -2.07. The molecular weight excluding hydrogens is 181 g/mol. The standard InChI is InChI=1S/C9H9F3O/c1-5(13)4-6-2-3-7(10)9(12)8(6)11/h2-3,5,13H,4H2,1H3. The van der Waals surface area contributed by atoms with Crippen molar-refractivity contribution in [3.8, 4) is 0 Å². The van der Waals surface area contributed by atoms with Crippen LogP contribution in [0.25, 0.3) is 0 Å². The molecule has 0 saturated heterocycles. The zero-order chi connectivity index (χ0) is 10.0. The largest absolute Gasteiger partial charge is 0.393 e. The molecule has 4 heteroatoms. The summed E-state index contributed by atoms with van der Waals surface area (Å²) in [6.45, 7) is 1.45. The van der Waals surface area contributed by atoms with Crippen LogP contribution in [-0.2, 0) is 6.42 Å². The van der Waals surface area contributed by atoms with Crippen molar-refractivity contribution >= 4 is 0 Å². The Balaban J connectivity index is 3.04. The molecule has 72 valence electrons. The lowest BCUT2D eigenvalue weighted by Gasteiger charge is -2.06. The number of halogens is 3. The molecule has 13 heavy (non-hydrogen) atoms. The maximum absolute atomic E-state index is 12.9. The van der Waals surface area contributed by atoms with Crippen LogP contribution in [0.4, 0.5) is 13.2 Å². The van der Waals surface area contributed by atoms with Crippen LogP contribution in [0.15, 0.2) is 12.1 Å². The Bertz CT molecular complexity index is 310. The van der Waals surface area contributed by atoms with E-state index in [-0.39, 0.29) is 12.0 Å². The van der Waals surface area contributed by atoms with E-state index in [1.807, 2.05) is 0 Å². The average Bonchev–Trinajstić information content (AvgIpc) is 2.06. The van der Waals surface area contributed by atoms with E-state index in [0.717, 1.165) is 12.1 Å². The highest BCUT2D eigenvalue weighted by Crippen LogP contribution is 2.16. The summed E-state index contributed by atoms with van der Waals surface area (Å²) in [5, 5.41) is 8.91. The van der Waals surface area contributed by atoms with E-state index in [2.05, 4.69) is 0 Å². The van der Waals surface area contributed by atoms with E-state index >= 15 is 0 Å². The Labute approximate surface area is 73.8 Å². The lowest BCUT2D eigenvalue weighted by atomic mass is 10.1. The van der Waals surface area contributed by atoms with Crippen LogP contribution in [0, 0.1) is 17.5 Å². The summed E-state index contributed by atoms with van der Waals surface area (Å²) in [4.78, 5) is 0. The number of hydrogen-bond donors (Lipinski definition) is 1. The molecule has 0 fully saturated rings. The molecule has 0 saturated carbocycles. The third-order valence-electron chi connectivity index (χ3n) is 1.63. The Hall–Kier alpha value is -1.03. The van der Waals surface area contributed by atoms with Crippen molar-refractivity contribution in [3.05, 3.63) is 35.1 Å². The average molecular weight is 190 g/mol. The number of rotatable bonds is 2. The summed E-state index contributed by atoms with van der Waals surface area (Å²) in [5.74, 6) is -3.93. The first kappa shape index (κ1) is 10.1. The third kappa shape index (κ3) is 2.21. The molecule has 1 unspecified atom stereocenters. The van der Waals surface area contributed by atoms with Gasteiger partial charge in [-0.05, 0) is 18.6 Å². The molecule has 0 spiro atoms. The maximum Gasteiger partial charge on any atom is 0.194 e.